The molecule has 1 rings (SSSR count). The predicted octanol–water partition coefficient (Wildman–Crippen LogP) is 2.81. The molecule has 0 bridgehead atoms. The Hall–Kier alpha value is -0.850. The summed E-state index contributed by atoms with van der Waals surface area (Å²) in [4.78, 5) is 11.9. The molecule has 0 heterocycles. The van der Waals surface area contributed by atoms with Crippen molar-refractivity contribution in [2.75, 3.05) is 19.8 Å². The van der Waals surface area contributed by atoms with Crippen molar-refractivity contribution < 1.29 is 19.0 Å². The second-order valence-electron chi connectivity index (χ2n) is 6.96. The maximum atomic E-state index is 11.9. The third-order valence-corrected chi connectivity index (χ3v) is 3.67. The van der Waals surface area contributed by atoms with E-state index in [1.54, 1.807) is 0 Å². The molecule has 2 unspecified atom stereocenters. The minimum Gasteiger partial charge on any atom is -0.444 e. The molecule has 0 aliphatic heterocycles. The van der Waals surface area contributed by atoms with E-state index in [-0.39, 0.29) is 18.4 Å². The molecule has 1 amide bonds. The summed E-state index contributed by atoms with van der Waals surface area (Å²) in [5.41, 5.74) is -0.460. The average Bonchev–Trinajstić information content (AvgIpc) is 2.43. The van der Waals surface area contributed by atoms with Crippen molar-refractivity contribution in [3.8, 4) is 0 Å². The summed E-state index contributed by atoms with van der Waals surface area (Å²) >= 11 is 0. The minimum absolute atomic E-state index is 0.161. The molecule has 0 spiro atoms. The van der Waals surface area contributed by atoms with Crippen molar-refractivity contribution >= 4 is 6.09 Å². The van der Waals surface area contributed by atoms with Crippen LogP contribution in [-0.2, 0) is 14.2 Å². The van der Waals surface area contributed by atoms with Gasteiger partial charge in [-0.1, -0.05) is 0 Å². The lowest BCUT2D eigenvalue weighted by Crippen LogP contribution is -2.47. The normalized spacial score (nSPS) is 22.2. The summed E-state index contributed by atoms with van der Waals surface area (Å²) in [6, 6.07) is 0.529. The highest BCUT2D eigenvalue weighted by atomic mass is 16.7. The van der Waals surface area contributed by atoms with Gasteiger partial charge in [-0.05, 0) is 60.3 Å². The van der Waals surface area contributed by atoms with Crippen LogP contribution < -0.4 is 10.6 Å². The Morgan fingerprint density at radius 2 is 1.74 bits per heavy atom. The van der Waals surface area contributed by atoms with Crippen LogP contribution in [0.4, 0.5) is 4.79 Å². The van der Waals surface area contributed by atoms with Crippen LogP contribution in [0.2, 0.25) is 0 Å². The van der Waals surface area contributed by atoms with Crippen LogP contribution >= 0.6 is 0 Å². The first-order valence-corrected chi connectivity index (χ1v) is 8.80. The molecule has 23 heavy (non-hydrogen) atoms. The SMILES string of the molecule is CCOC(CNC1CCCC(NC(=O)OC(C)(C)C)C1)OCC. The first-order valence-electron chi connectivity index (χ1n) is 8.80. The Balaban J connectivity index is 2.35. The van der Waals surface area contributed by atoms with E-state index in [9.17, 15) is 4.79 Å². The second kappa shape index (κ2) is 10.1. The van der Waals surface area contributed by atoms with Crippen LogP contribution in [-0.4, -0.2) is 49.8 Å². The average molecular weight is 330 g/mol. The van der Waals surface area contributed by atoms with Gasteiger partial charge in [0.05, 0.1) is 0 Å². The summed E-state index contributed by atoms with van der Waals surface area (Å²) in [7, 11) is 0. The molecule has 1 saturated carbocycles. The predicted molar refractivity (Wildman–Crippen MR) is 90.5 cm³/mol. The summed E-state index contributed by atoms with van der Waals surface area (Å²) in [6.07, 6.45) is 3.57. The molecule has 2 atom stereocenters. The molecule has 0 radical (unpaired) electrons. The van der Waals surface area contributed by atoms with Gasteiger partial charge in [-0.25, -0.2) is 4.79 Å². The number of hydrogen-bond donors (Lipinski definition) is 2. The maximum Gasteiger partial charge on any atom is 0.407 e. The Morgan fingerprint density at radius 3 is 2.30 bits per heavy atom. The molecular weight excluding hydrogens is 296 g/mol. The van der Waals surface area contributed by atoms with Gasteiger partial charge in [0.1, 0.15) is 5.60 Å². The lowest BCUT2D eigenvalue weighted by Gasteiger charge is -2.32. The van der Waals surface area contributed by atoms with Crippen molar-refractivity contribution in [2.45, 2.75) is 84.3 Å². The van der Waals surface area contributed by atoms with Crippen LogP contribution in [0, 0.1) is 0 Å². The monoisotopic (exact) mass is 330 g/mol. The smallest absolute Gasteiger partial charge is 0.407 e. The van der Waals surface area contributed by atoms with Crippen molar-refractivity contribution in [3.05, 3.63) is 0 Å². The molecule has 6 nitrogen and oxygen atoms in total. The summed E-state index contributed by atoms with van der Waals surface area (Å²) in [5.74, 6) is 0. The van der Waals surface area contributed by atoms with Gasteiger partial charge in [-0.2, -0.15) is 0 Å². The largest absolute Gasteiger partial charge is 0.444 e. The van der Waals surface area contributed by atoms with E-state index in [1.807, 2.05) is 34.6 Å². The maximum absolute atomic E-state index is 11.9. The fraction of sp³-hybridized carbons (Fsp3) is 0.941. The molecular formula is C17H34N2O4. The molecule has 1 aliphatic carbocycles. The van der Waals surface area contributed by atoms with Gasteiger partial charge in [-0.15, -0.1) is 0 Å². The van der Waals surface area contributed by atoms with Crippen molar-refractivity contribution in [1.29, 1.82) is 0 Å². The van der Waals surface area contributed by atoms with Gasteiger partial charge in [0, 0.05) is 31.8 Å². The van der Waals surface area contributed by atoms with E-state index < -0.39 is 5.60 Å². The van der Waals surface area contributed by atoms with E-state index in [2.05, 4.69) is 10.6 Å². The zero-order valence-electron chi connectivity index (χ0n) is 15.3. The van der Waals surface area contributed by atoms with E-state index in [0.29, 0.717) is 25.8 Å². The highest BCUT2D eigenvalue weighted by Gasteiger charge is 2.25. The number of ether oxygens (including phenoxy) is 3. The molecule has 0 aromatic carbocycles. The van der Waals surface area contributed by atoms with Crippen LogP contribution in [0.25, 0.3) is 0 Å². The first kappa shape index (κ1) is 20.2. The summed E-state index contributed by atoms with van der Waals surface area (Å²) < 4.78 is 16.4. The number of amides is 1. The molecule has 0 aromatic heterocycles. The molecule has 136 valence electrons. The molecule has 6 heteroatoms. The lowest BCUT2D eigenvalue weighted by atomic mass is 9.91. The van der Waals surface area contributed by atoms with E-state index >= 15 is 0 Å². The van der Waals surface area contributed by atoms with Gasteiger partial charge in [0.15, 0.2) is 6.29 Å². The lowest BCUT2D eigenvalue weighted by molar-refractivity contribution is -0.134. The zero-order chi connectivity index (χ0) is 17.3. The Kier molecular flexibility index (Phi) is 8.87. The number of nitrogens with one attached hydrogen (secondary N) is 2. The number of hydrogen-bond acceptors (Lipinski definition) is 5. The highest BCUT2D eigenvalue weighted by Crippen LogP contribution is 2.19. The van der Waals surface area contributed by atoms with Gasteiger partial charge >= 0.3 is 6.09 Å². The van der Waals surface area contributed by atoms with Gasteiger partial charge in [0.25, 0.3) is 0 Å². The van der Waals surface area contributed by atoms with E-state index in [4.69, 9.17) is 14.2 Å². The molecule has 1 fully saturated rings. The quantitative estimate of drug-likeness (QED) is 0.670. The fourth-order valence-electron chi connectivity index (χ4n) is 2.78. The Morgan fingerprint density at radius 1 is 1.13 bits per heavy atom. The standard InChI is InChI=1S/C17H34N2O4/c1-6-21-15(22-7-2)12-18-13-9-8-10-14(11-13)19-16(20)23-17(3,4)5/h13-15,18H,6-12H2,1-5H3,(H,19,20). The van der Waals surface area contributed by atoms with Crippen LogP contribution in [0.15, 0.2) is 0 Å². The van der Waals surface area contributed by atoms with E-state index in [1.165, 1.54) is 0 Å². The Labute approximate surface area is 140 Å². The number of rotatable bonds is 8. The number of carbonyl (C=O) groups excluding carboxylic acids is 1. The van der Waals surface area contributed by atoms with Crippen LogP contribution in [0.1, 0.15) is 60.3 Å². The third kappa shape index (κ3) is 9.13. The van der Waals surface area contributed by atoms with Crippen molar-refractivity contribution in [2.24, 2.45) is 0 Å². The zero-order valence-corrected chi connectivity index (χ0v) is 15.3. The van der Waals surface area contributed by atoms with Gasteiger partial charge in [0.2, 0.25) is 0 Å². The second-order valence-corrected chi connectivity index (χ2v) is 6.96. The topological polar surface area (TPSA) is 68.8 Å². The van der Waals surface area contributed by atoms with Crippen molar-refractivity contribution in [1.82, 2.24) is 10.6 Å². The molecule has 0 saturated heterocycles. The third-order valence-electron chi connectivity index (χ3n) is 3.67. The van der Waals surface area contributed by atoms with Gasteiger partial charge < -0.3 is 24.8 Å². The first-order chi connectivity index (χ1) is 10.8. The van der Waals surface area contributed by atoms with Gasteiger partial charge in [-0.3, -0.25) is 0 Å². The Bertz CT molecular complexity index is 338. The minimum atomic E-state index is -0.460. The highest BCUT2D eigenvalue weighted by molar-refractivity contribution is 5.68. The van der Waals surface area contributed by atoms with E-state index in [0.717, 1.165) is 25.7 Å². The molecule has 2 N–H and O–H groups in total. The molecule has 1 aliphatic rings. The van der Waals surface area contributed by atoms with Crippen LogP contribution in [0.3, 0.4) is 0 Å². The summed E-state index contributed by atoms with van der Waals surface area (Å²) in [5, 5.41) is 6.48. The molecule has 0 aromatic rings. The van der Waals surface area contributed by atoms with Crippen molar-refractivity contribution in [3.63, 3.8) is 0 Å². The fourth-order valence-corrected chi connectivity index (χ4v) is 2.78. The number of carbonyl (C=O) groups is 1. The summed E-state index contributed by atoms with van der Waals surface area (Å²) in [6.45, 7) is 11.5. The number of alkyl carbamates (subject to hydrolysis) is 1. The van der Waals surface area contributed by atoms with Crippen LogP contribution in [0.5, 0.6) is 0 Å².